The van der Waals surface area contributed by atoms with Crippen molar-refractivity contribution in [2.45, 2.75) is 32.7 Å². The minimum Gasteiger partial charge on any atom is -0.494 e. The molecule has 26 heavy (non-hydrogen) atoms. The lowest BCUT2D eigenvalue weighted by Gasteiger charge is -2.17. The number of rotatable bonds is 7. The highest BCUT2D eigenvalue weighted by atomic mass is 16.5. The fourth-order valence-electron chi connectivity index (χ4n) is 3.00. The van der Waals surface area contributed by atoms with Gasteiger partial charge in [0.05, 0.1) is 6.61 Å². The van der Waals surface area contributed by atoms with Crippen molar-refractivity contribution in [3.8, 4) is 5.75 Å². The minimum atomic E-state index is -0.188. The van der Waals surface area contributed by atoms with Crippen molar-refractivity contribution in [2.24, 2.45) is 0 Å². The van der Waals surface area contributed by atoms with E-state index < -0.39 is 0 Å². The lowest BCUT2D eigenvalue weighted by molar-refractivity contribution is 0.240. The zero-order chi connectivity index (χ0) is 18.2. The van der Waals surface area contributed by atoms with Crippen molar-refractivity contribution in [3.05, 3.63) is 53.2 Å². The first kappa shape index (κ1) is 18.0. The number of fused-ring (bicyclic) bond motifs is 1. The number of nitrogens with zero attached hydrogens (tertiary/aromatic N) is 1. The van der Waals surface area contributed by atoms with Crippen molar-refractivity contribution >= 4 is 11.8 Å². The van der Waals surface area contributed by atoms with Gasteiger partial charge in [0.15, 0.2) is 0 Å². The minimum absolute atomic E-state index is 0.188. The van der Waals surface area contributed by atoms with Crippen LogP contribution < -0.4 is 20.7 Å². The fraction of sp³-hybridized carbons (Fsp3) is 0.400. The first-order valence-corrected chi connectivity index (χ1v) is 9.21. The van der Waals surface area contributed by atoms with Crippen LogP contribution in [-0.2, 0) is 19.4 Å². The molecule has 0 spiro atoms. The van der Waals surface area contributed by atoms with E-state index in [0.717, 1.165) is 42.2 Å². The number of amides is 2. The molecule has 0 radical (unpaired) electrons. The maximum Gasteiger partial charge on any atom is 0.315 e. The van der Waals surface area contributed by atoms with Crippen LogP contribution in [0.4, 0.5) is 10.6 Å². The van der Waals surface area contributed by atoms with E-state index in [0.29, 0.717) is 26.1 Å². The average molecular weight is 354 g/mol. The van der Waals surface area contributed by atoms with E-state index in [1.165, 1.54) is 5.56 Å². The Labute approximate surface area is 154 Å². The Bertz CT molecular complexity index is 748. The van der Waals surface area contributed by atoms with E-state index in [4.69, 9.17) is 4.74 Å². The largest absolute Gasteiger partial charge is 0.494 e. The number of anilines is 1. The number of benzene rings is 1. The molecule has 0 aliphatic carbocycles. The third-order valence-corrected chi connectivity index (χ3v) is 4.33. The van der Waals surface area contributed by atoms with Crippen LogP contribution in [0.3, 0.4) is 0 Å². The van der Waals surface area contributed by atoms with Gasteiger partial charge in [-0.3, -0.25) is 0 Å². The van der Waals surface area contributed by atoms with Gasteiger partial charge in [0.1, 0.15) is 11.6 Å². The van der Waals surface area contributed by atoms with Crippen LogP contribution in [0.25, 0.3) is 0 Å². The number of hydrogen-bond donors (Lipinski definition) is 3. The van der Waals surface area contributed by atoms with Gasteiger partial charge in [0.25, 0.3) is 0 Å². The molecule has 0 bridgehead atoms. The van der Waals surface area contributed by atoms with Gasteiger partial charge in [-0.1, -0.05) is 24.3 Å². The summed E-state index contributed by atoms with van der Waals surface area (Å²) in [7, 11) is 0. The van der Waals surface area contributed by atoms with Crippen molar-refractivity contribution in [2.75, 3.05) is 25.0 Å². The third kappa shape index (κ3) is 4.88. The van der Waals surface area contributed by atoms with Crippen LogP contribution in [0.5, 0.6) is 5.75 Å². The van der Waals surface area contributed by atoms with Crippen LogP contribution in [-0.4, -0.2) is 30.7 Å². The number of hydrogen-bond acceptors (Lipinski definition) is 4. The number of nitrogens with one attached hydrogen (secondary N) is 3. The monoisotopic (exact) mass is 354 g/mol. The van der Waals surface area contributed by atoms with Gasteiger partial charge in [0.2, 0.25) is 0 Å². The summed E-state index contributed by atoms with van der Waals surface area (Å²) in [6.07, 6.45) is 2.94. The predicted molar refractivity (Wildman–Crippen MR) is 103 cm³/mol. The Kier molecular flexibility index (Phi) is 6.30. The molecule has 1 aliphatic rings. The lowest BCUT2D eigenvalue weighted by atomic mass is 10.1. The van der Waals surface area contributed by atoms with Crippen LogP contribution in [0.1, 0.15) is 30.2 Å². The number of aromatic nitrogens is 1. The van der Waals surface area contributed by atoms with Gasteiger partial charge in [-0.15, -0.1) is 0 Å². The van der Waals surface area contributed by atoms with Crippen LogP contribution >= 0.6 is 0 Å². The quantitative estimate of drug-likeness (QED) is 0.715. The van der Waals surface area contributed by atoms with E-state index in [2.05, 4.69) is 27.0 Å². The molecule has 1 aliphatic heterocycles. The van der Waals surface area contributed by atoms with E-state index in [-0.39, 0.29) is 6.03 Å². The van der Waals surface area contributed by atoms with E-state index in [9.17, 15) is 4.79 Å². The first-order chi connectivity index (χ1) is 12.8. The molecular weight excluding hydrogens is 328 g/mol. The maximum atomic E-state index is 12.0. The highest BCUT2D eigenvalue weighted by molar-refractivity contribution is 5.73. The van der Waals surface area contributed by atoms with Gasteiger partial charge in [0, 0.05) is 37.3 Å². The Morgan fingerprint density at radius 1 is 1.23 bits per heavy atom. The number of ether oxygens (including phenoxy) is 1. The molecule has 0 fully saturated rings. The van der Waals surface area contributed by atoms with Crippen molar-refractivity contribution in [1.29, 1.82) is 0 Å². The number of carbonyl (C=O) groups is 1. The van der Waals surface area contributed by atoms with Crippen molar-refractivity contribution < 1.29 is 9.53 Å². The number of aryl methyl sites for hydroxylation is 1. The second kappa shape index (κ2) is 9.08. The molecule has 0 atom stereocenters. The van der Waals surface area contributed by atoms with E-state index in [1.807, 2.05) is 37.3 Å². The van der Waals surface area contributed by atoms with Gasteiger partial charge in [-0.25, -0.2) is 9.78 Å². The van der Waals surface area contributed by atoms with Gasteiger partial charge in [-0.2, -0.15) is 0 Å². The highest BCUT2D eigenvalue weighted by Crippen LogP contribution is 2.19. The van der Waals surface area contributed by atoms with Crippen LogP contribution in [0.2, 0.25) is 0 Å². The molecule has 1 aromatic carbocycles. The smallest absolute Gasteiger partial charge is 0.315 e. The second-order valence-electron chi connectivity index (χ2n) is 6.24. The predicted octanol–water partition coefficient (Wildman–Crippen LogP) is 2.88. The molecule has 0 saturated heterocycles. The van der Waals surface area contributed by atoms with Gasteiger partial charge in [-0.05, 0) is 37.5 Å². The van der Waals surface area contributed by atoms with Crippen LogP contribution in [0.15, 0.2) is 36.4 Å². The number of pyridine rings is 1. The molecule has 0 saturated carbocycles. The summed E-state index contributed by atoms with van der Waals surface area (Å²) >= 11 is 0. The Morgan fingerprint density at radius 3 is 3.00 bits per heavy atom. The number of para-hydroxylation sites is 1. The lowest BCUT2D eigenvalue weighted by Crippen LogP contribution is -2.36. The average Bonchev–Trinajstić information content (AvgIpc) is 2.67. The summed E-state index contributed by atoms with van der Waals surface area (Å²) in [4.78, 5) is 16.6. The molecule has 3 rings (SSSR count). The standard InChI is InChI=1S/C20H26N4O2/c1-2-26-18-8-4-3-6-16(18)14-23-20(25)22-13-11-17-10-9-15-7-5-12-21-19(15)24-17/h3-4,6,8-10H,2,5,7,11-14H2,1H3,(H,21,24)(H2,22,23,25). The Balaban J connectivity index is 1.43. The van der Waals surface area contributed by atoms with Gasteiger partial charge < -0.3 is 20.7 Å². The van der Waals surface area contributed by atoms with Gasteiger partial charge >= 0.3 is 6.03 Å². The maximum absolute atomic E-state index is 12.0. The molecule has 1 aromatic heterocycles. The van der Waals surface area contributed by atoms with E-state index >= 15 is 0 Å². The fourth-order valence-corrected chi connectivity index (χ4v) is 3.00. The second-order valence-corrected chi connectivity index (χ2v) is 6.24. The normalized spacial score (nSPS) is 12.7. The summed E-state index contributed by atoms with van der Waals surface area (Å²) in [6.45, 7) is 4.51. The summed E-state index contributed by atoms with van der Waals surface area (Å²) < 4.78 is 5.57. The number of urea groups is 1. The number of carbonyl (C=O) groups excluding carboxylic acids is 1. The summed E-state index contributed by atoms with van der Waals surface area (Å²) in [5.74, 6) is 1.80. The highest BCUT2D eigenvalue weighted by Gasteiger charge is 2.10. The summed E-state index contributed by atoms with van der Waals surface area (Å²) in [5.41, 5.74) is 3.23. The zero-order valence-corrected chi connectivity index (χ0v) is 15.2. The zero-order valence-electron chi connectivity index (χ0n) is 15.2. The Morgan fingerprint density at radius 2 is 2.12 bits per heavy atom. The summed E-state index contributed by atoms with van der Waals surface area (Å²) in [6, 6.07) is 11.7. The molecule has 3 N–H and O–H groups in total. The Hall–Kier alpha value is -2.76. The molecular formula is C20H26N4O2. The molecule has 2 heterocycles. The molecule has 6 heteroatoms. The summed E-state index contributed by atoms with van der Waals surface area (Å²) in [5, 5.41) is 9.09. The van der Waals surface area contributed by atoms with Crippen molar-refractivity contribution in [3.63, 3.8) is 0 Å². The topological polar surface area (TPSA) is 75.3 Å². The molecule has 2 amide bonds. The molecule has 2 aromatic rings. The van der Waals surface area contributed by atoms with Crippen LogP contribution in [0, 0.1) is 0 Å². The molecule has 6 nitrogen and oxygen atoms in total. The third-order valence-electron chi connectivity index (χ3n) is 4.33. The first-order valence-electron chi connectivity index (χ1n) is 9.21. The molecule has 0 unspecified atom stereocenters. The van der Waals surface area contributed by atoms with Crippen molar-refractivity contribution in [1.82, 2.24) is 15.6 Å². The molecule has 138 valence electrons. The SMILES string of the molecule is CCOc1ccccc1CNC(=O)NCCc1ccc2c(n1)NCCC2. The van der Waals surface area contributed by atoms with E-state index in [1.54, 1.807) is 0 Å².